The zero-order valence-electron chi connectivity index (χ0n) is 14.3. The van der Waals surface area contributed by atoms with Crippen LogP contribution in [0.25, 0.3) is 11.4 Å². The first-order valence-corrected chi connectivity index (χ1v) is 8.49. The van der Waals surface area contributed by atoms with E-state index in [1.54, 1.807) is 35.2 Å². The number of likely N-dealkylation sites (tertiary alicyclic amines) is 1. The molecule has 2 aliphatic heterocycles. The molecule has 0 aliphatic carbocycles. The molecule has 1 unspecified atom stereocenters. The fourth-order valence-corrected chi connectivity index (χ4v) is 3.39. The molecule has 1 aromatic heterocycles. The Balaban J connectivity index is 1.76. The molecule has 3 heterocycles. The van der Waals surface area contributed by atoms with Crippen LogP contribution >= 0.6 is 0 Å². The number of rotatable bonds is 2. The molecule has 8 heteroatoms. The molecule has 1 atom stereocenters. The predicted octanol–water partition coefficient (Wildman–Crippen LogP) is 2.28. The number of carbonyl (C=O) groups excluding carboxylic acids is 2. The number of anilines is 2. The molecule has 7 nitrogen and oxygen atoms in total. The van der Waals surface area contributed by atoms with E-state index in [4.69, 9.17) is 0 Å². The quantitative estimate of drug-likeness (QED) is 0.773. The van der Waals surface area contributed by atoms with Gasteiger partial charge in [0.1, 0.15) is 11.5 Å². The average Bonchev–Trinajstić information content (AvgIpc) is 3.28. The van der Waals surface area contributed by atoms with E-state index in [1.165, 1.54) is 17.0 Å². The lowest BCUT2D eigenvalue weighted by Crippen LogP contribution is -2.51. The van der Waals surface area contributed by atoms with Crippen molar-refractivity contribution in [3.63, 3.8) is 0 Å². The van der Waals surface area contributed by atoms with Crippen LogP contribution in [0.5, 0.6) is 0 Å². The van der Waals surface area contributed by atoms with Gasteiger partial charge in [-0.2, -0.15) is 0 Å². The largest absolute Gasteiger partial charge is 0.344 e. The maximum Gasteiger partial charge on any atom is 0.327 e. The van der Waals surface area contributed by atoms with Crippen molar-refractivity contribution >= 4 is 23.8 Å². The fraction of sp³-hybridized carbons (Fsp3) is 0.333. The highest BCUT2D eigenvalue weighted by atomic mass is 19.1. The monoisotopic (exact) mass is 355 g/mol. The van der Waals surface area contributed by atoms with Gasteiger partial charge in [-0.25, -0.2) is 24.1 Å². The minimum Gasteiger partial charge on any atom is -0.344 e. The van der Waals surface area contributed by atoms with Gasteiger partial charge >= 0.3 is 6.03 Å². The third-order valence-corrected chi connectivity index (χ3v) is 4.83. The van der Waals surface area contributed by atoms with E-state index < -0.39 is 6.17 Å². The molecule has 134 valence electrons. The van der Waals surface area contributed by atoms with Gasteiger partial charge in [-0.1, -0.05) is 0 Å². The normalized spacial score (nSPS) is 19.0. The predicted molar refractivity (Wildman–Crippen MR) is 94.4 cm³/mol. The van der Waals surface area contributed by atoms with Gasteiger partial charge in [0.15, 0.2) is 24.1 Å². The van der Waals surface area contributed by atoms with Crippen LogP contribution in [0, 0.1) is 5.82 Å². The number of carbonyl (C=O) groups is 2. The number of nitrogens with zero attached hydrogens (tertiary/aromatic N) is 5. The van der Waals surface area contributed by atoms with Crippen LogP contribution in [0.15, 0.2) is 30.5 Å². The standard InChI is InChI=1S/C18H18FN5O2/c1-22-14-10-20-16(12-4-6-13(19)7-5-12)21-17(14)24(15(22)11-25)18(26)23-8-2-3-9-23/h4-7,10-11,15H,2-3,8-9H2,1H3. The van der Waals surface area contributed by atoms with E-state index in [9.17, 15) is 14.0 Å². The maximum atomic E-state index is 13.2. The first-order chi connectivity index (χ1) is 12.6. The second-order valence-electron chi connectivity index (χ2n) is 6.42. The molecule has 2 amide bonds. The van der Waals surface area contributed by atoms with Crippen molar-refractivity contribution < 1.29 is 14.0 Å². The molecule has 2 aromatic rings. The Bertz CT molecular complexity index is 851. The van der Waals surface area contributed by atoms with Crippen LogP contribution in [0.4, 0.5) is 20.7 Å². The van der Waals surface area contributed by atoms with Crippen molar-refractivity contribution in [3.05, 3.63) is 36.3 Å². The Hall–Kier alpha value is -3.03. The summed E-state index contributed by atoms with van der Waals surface area (Å²) in [7, 11) is 1.73. The third-order valence-electron chi connectivity index (χ3n) is 4.83. The van der Waals surface area contributed by atoms with Gasteiger partial charge in [0.2, 0.25) is 0 Å². The van der Waals surface area contributed by atoms with Gasteiger partial charge in [-0.15, -0.1) is 0 Å². The molecular weight excluding hydrogens is 337 g/mol. The zero-order chi connectivity index (χ0) is 18.3. The van der Waals surface area contributed by atoms with Crippen LogP contribution in [0.2, 0.25) is 0 Å². The van der Waals surface area contributed by atoms with Crippen molar-refractivity contribution in [3.8, 4) is 11.4 Å². The molecule has 4 rings (SSSR count). The number of fused-ring (bicyclic) bond motifs is 1. The molecule has 0 radical (unpaired) electrons. The van der Waals surface area contributed by atoms with Gasteiger partial charge in [0.25, 0.3) is 0 Å². The number of aromatic nitrogens is 2. The number of benzene rings is 1. The molecule has 2 aliphatic rings. The Kier molecular flexibility index (Phi) is 4.02. The summed E-state index contributed by atoms with van der Waals surface area (Å²) in [5.41, 5.74) is 1.25. The summed E-state index contributed by atoms with van der Waals surface area (Å²) in [6.45, 7) is 1.35. The number of aldehydes is 1. The van der Waals surface area contributed by atoms with Crippen LogP contribution in [-0.4, -0.2) is 53.5 Å². The van der Waals surface area contributed by atoms with E-state index in [0.717, 1.165) is 19.1 Å². The highest BCUT2D eigenvalue weighted by Gasteiger charge is 2.41. The summed E-state index contributed by atoms with van der Waals surface area (Å²) >= 11 is 0. The van der Waals surface area contributed by atoms with Gasteiger partial charge in [0, 0.05) is 25.7 Å². The molecule has 26 heavy (non-hydrogen) atoms. The molecular formula is C18H18FN5O2. The molecule has 0 spiro atoms. The van der Waals surface area contributed by atoms with Gasteiger partial charge in [0.05, 0.1) is 6.20 Å². The highest BCUT2D eigenvalue weighted by molar-refractivity contribution is 6.02. The molecule has 1 saturated heterocycles. The van der Waals surface area contributed by atoms with E-state index in [0.29, 0.717) is 36.0 Å². The summed E-state index contributed by atoms with van der Waals surface area (Å²) in [6, 6.07) is 5.60. The van der Waals surface area contributed by atoms with Crippen LogP contribution in [0.3, 0.4) is 0 Å². The van der Waals surface area contributed by atoms with Crippen molar-refractivity contribution in [1.29, 1.82) is 0 Å². The first-order valence-electron chi connectivity index (χ1n) is 8.49. The second kappa shape index (κ2) is 6.36. The summed E-state index contributed by atoms with van der Waals surface area (Å²) in [4.78, 5) is 38.3. The van der Waals surface area contributed by atoms with Crippen molar-refractivity contribution in [2.45, 2.75) is 19.0 Å². The maximum absolute atomic E-state index is 13.2. The van der Waals surface area contributed by atoms with E-state index in [2.05, 4.69) is 9.97 Å². The Morgan fingerprint density at radius 1 is 1.23 bits per heavy atom. The Morgan fingerprint density at radius 2 is 1.92 bits per heavy atom. The molecule has 1 aromatic carbocycles. The number of halogens is 1. The van der Waals surface area contributed by atoms with E-state index >= 15 is 0 Å². The zero-order valence-corrected chi connectivity index (χ0v) is 14.3. The topological polar surface area (TPSA) is 69.6 Å². The van der Waals surface area contributed by atoms with Crippen molar-refractivity contribution in [2.24, 2.45) is 0 Å². The van der Waals surface area contributed by atoms with Crippen LogP contribution in [0.1, 0.15) is 12.8 Å². The number of hydrogen-bond acceptors (Lipinski definition) is 5. The highest BCUT2D eigenvalue weighted by Crippen LogP contribution is 2.38. The number of hydrogen-bond donors (Lipinski definition) is 0. The lowest BCUT2D eigenvalue weighted by atomic mass is 10.2. The first kappa shape index (κ1) is 16.4. The Labute approximate surface area is 150 Å². The number of likely N-dealkylation sites (N-methyl/N-ethyl adjacent to an activating group) is 1. The SMILES string of the molecule is CN1c2cnc(-c3ccc(F)cc3)nc2N(C(=O)N2CCCC2)C1C=O. The van der Waals surface area contributed by atoms with Gasteiger partial charge in [-0.3, -0.25) is 4.79 Å². The van der Waals surface area contributed by atoms with E-state index in [1.807, 2.05) is 0 Å². The van der Waals surface area contributed by atoms with Crippen molar-refractivity contribution in [1.82, 2.24) is 14.9 Å². The summed E-state index contributed by atoms with van der Waals surface area (Å²) in [5, 5.41) is 0. The van der Waals surface area contributed by atoms with Crippen LogP contribution in [-0.2, 0) is 4.79 Å². The summed E-state index contributed by atoms with van der Waals surface area (Å²) < 4.78 is 13.2. The van der Waals surface area contributed by atoms with Crippen LogP contribution < -0.4 is 9.80 Å². The minimum absolute atomic E-state index is 0.228. The smallest absolute Gasteiger partial charge is 0.327 e. The summed E-state index contributed by atoms with van der Waals surface area (Å²) in [5.74, 6) is 0.431. The van der Waals surface area contributed by atoms with Gasteiger partial charge < -0.3 is 9.80 Å². The number of amides is 2. The molecule has 1 fully saturated rings. The Morgan fingerprint density at radius 3 is 2.58 bits per heavy atom. The second-order valence-corrected chi connectivity index (χ2v) is 6.42. The van der Waals surface area contributed by atoms with Crippen molar-refractivity contribution in [2.75, 3.05) is 29.9 Å². The van der Waals surface area contributed by atoms with E-state index in [-0.39, 0.29) is 11.8 Å². The lowest BCUT2D eigenvalue weighted by Gasteiger charge is -2.28. The fourth-order valence-electron chi connectivity index (χ4n) is 3.39. The van der Waals surface area contributed by atoms with Gasteiger partial charge in [-0.05, 0) is 37.1 Å². The summed E-state index contributed by atoms with van der Waals surface area (Å²) in [6.07, 6.45) is 3.48. The lowest BCUT2D eigenvalue weighted by molar-refractivity contribution is -0.108. The molecule has 0 N–H and O–H groups in total. The number of urea groups is 1. The molecule has 0 saturated carbocycles. The minimum atomic E-state index is -0.754. The average molecular weight is 355 g/mol. The third kappa shape index (κ3) is 2.58. The molecule has 0 bridgehead atoms.